The van der Waals surface area contributed by atoms with Gasteiger partial charge in [-0.05, 0) is 66.5 Å². The Bertz CT molecular complexity index is 1350. The summed E-state index contributed by atoms with van der Waals surface area (Å²) < 4.78 is 31.3. The first kappa shape index (κ1) is 27.2. The van der Waals surface area contributed by atoms with E-state index in [2.05, 4.69) is 42.0 Å². The van der Waals surface area contributed by atoms with Crippen LogP contribution in [-0.2, 0) is 10.7 Å². The molecule has 9 nitrogen and oxygen atoms in total. The van der Waals surface area contributed by atoms with Crippen LogP contribution in [0.5, 0.6) is 0 Å². The third-order valence-electron chi connectivity index (χ3n) is 4.97. The summed E-state index contributed by atoms with van der Waals surface area (Å²) in [5, 5.41) is 11.6. The third-order valence-corrected chi connectivity index (χ3v) is 5.65. The molecule has 0 saturated carbocycles. The van der Waals surface area contributed by atoms with Gasteiger partial charge in [-0.25, -0.2) is 9.67 Å². The van der Waals surface area contributed by atoms with Gasteiger partial charge in [0.25, 0.3) is 17.7 Å². The van der Waals surface area contributed by atoms with Gasteiger partial charge in [0.1, 0.15) is 10.3 Å². The fourth-order valence-corrected chi connectivity index (χ4v) is 3.90. The zero-order chi connectivity index (χ0) is 26.8. The Morgan fingerprint density at radius 3 is 2.47 bits per heavy atom. The van der Waals surface area contributed by atoms with E-state index in [1.165, 1.54) is 30.9 Å². The number of alkyl halides is 2. The molecule has 2 aromatic heterocycles. The van der Waals surface area contributed by atoms with Crippen molar-refractivity contribution in [3.63, 3.8) is 0 Å². The summed E-state index contributed by atoms with van der Waals surface area (Å²) in [7, 11) is 1.31. The highest BCUT2D eigenvalue weighted by Gasteiger charge is 2.42. The van der Waals surface area contributed by atoms with E-state index in [9.17, 15) is 23.2 Å². The number of aryl methyl sites for hydroxylation is 1. The molecule has 1 aromatic carbocycles. The van der Waals surface area contributed by atoms with Gasteiger partial charge < -0.3 is 16.0 Å². The summed E-state index contributed by atoms with van der Waals surface area (Å²) in [6.07, 6.45) is 1.47. The second-order valence-electron chi connectivity index (χ2n) is 8.02. The minimum absolute atomic E-state index is 0.00968. The molecule has 0 spiro atoms. The Balaban J connectivity index is 2.06. The molecule has 2 heterocycles. The number of hydrogen-bond acceptors (Lipinski definition) is 5. The maximum atomic E-state index is 14.9. The third kappa shape index (κ3) is 5.54. The molecule has 0 saturated heterocycles. The van der Waals surface area contributed by atoms with E-state index in [0.29, 0.717) is 4.60 Å². The van der Waals surface area contributed by atoms with Gasteiger partial charge in [-0.15, -0.1) is 0 Å². The van der Waals surface area contributed by atoms with Crippen LogP contribution >= 0.6 is 27.5 Å². The monoisotopic (exact) mass is 582 g/mol. The Kier molecular flexibility index (Phi) is 8.09. The second-order valence-corrected chi connectivity index (χ2v) is 9.24. The fourth-order valence-electron chi connectivity index (χ4n) is 3.32. The number of nitrogens with one attached hydrogen (secondary N) is 3. The van der Waals surface area contributed by atoms with E-state index in [1.54, 1.807) is 26.0 Å². The van der Waals surface area contributed by atoms with E-state index in [1.807, 2.05) is 0 Å². The number of aromatic nitrogens is 3. The molecular weight excluding hydrogens is 562 g/mol. The van der Waals surface area contributed by atoms with Crippen molar-refractivity contribution in [2.75, 3.05) is 12.4 Å². The number of rotatable bonds is 7. The average molecular weight is 584 g/mol. The first-order chi connectivity index (χ1) is 16.9. The van der Waals surface area contributed by atoms with Crippen molar-refractivity contribution in [1.29, 1.82) is 0 Å². The SMILES string of the molecule is CNC(=O)c1cc(C(F)(F)C(=O)NC(C)C)cc(C)c1NC(=O)c1cc(Br)nn1-c1ncccc1Cl. The number of halogens is 4. The minimum atomic E-state index is -3.92. The van der Waals surface area contributed by atoms with Crippen LogP contribution in [0.15, 0.2) is 41.1 Å². The zero-order valence-corrected chi connectivity index (χ0v) is 22.0. The number of nitrogens with zero attached hydrogens (tertiary/aromatic N) is 3. The maximum Gasteiger partial charge on any atom is 0.349 e. The summed E-state index contributed by atoms with van der Waals surface area (Å²) in [6, 6.07) is 6.01. The molecule has 0 radical (unpaired) electrons. The molecule has 3 aromatic rings. The van der Waals surface area contributed by atoms with Crippen molar-refractivity contribution in [1.82, 2.24) is 25.4 Å². The van der Waals surface area contributed by atoms with E-state index >= 15 is 0 Å². The lowest BCUT2D eigenvalue weighted by atomic mass is 9.98. The highest BCUT2D eigenvalue weighted by Crippen LogP contribution is 2.34. The molecule has 190 valence electrons. The molecule has 0 aliphatic rings. The van der Waals surface area contributed by atoms with Crippen LogP contribution in [0.1, 0.15) is 45.8 Å². The van der Waals surface area contributed by atoms with Crippen molar-refractivity contribution in [2.24, 2.45) is 0 Å². The average Bonchev–Trinajstić information content (AvgIpc) is 3.20. The molecule has 3 amide bonds. The number of hydrogen-bond donors (Lipinski definition) is 3. The molecule has 0 fully saturated rings. The number of carbonyl (C=O) groups is 3. The van der Waals surface area contributed by atoms with Crippen molar-refractivity contribution in [3.05, 3.63) is 68.5 Å². The zero-order valence-electron chi connectivity index (χ0n) is 19.6. The van der Waals surface area contributed by atoms with E-state index < -0.39 is 35.2 Å². The molecule has 3 rings (SSSR count). The number of anilines is 1. The second kappa shape index (κ2) is 10.7. The van der Waals surface area contributed by atoms with Gasteiger partial charge in [0.15, 0.2) is 5.82 Å². The summed E-state index contributed by atoms with van der Waals surface area (Å²) in [6.45, 7) is 4.54. The smallest absolute Gasteiger partial charge is 0.349 e. The van der Waals surface area contributed by atoms with E-state index in [4.69, 9.17) is 11.6 Å². The van der Waals surface area contributed by atoms with Gasteiger partial charge in [0.2, 0.25) is 0 Å². The van der Waals surface area contributed by atoms with Crippen molar-refractivity contribution < 1.29 is 23.2 Å². The van der Waals surface area contributed by atoms with Crippen LogP contribution in [-0.4, -0.2) is 45.6 Å². The predicted octanol–water partition coefficient (Wildman–Crippen LogP) is 4.22. The Labute approximate surface area is 218 Å². The fraction of sp³-hybridized carbons (Fsp3) is 0.261. The molecule has 0 aliphatic carbocycles. The van der Waals surface area contributed by atoms with Gasteiger partial charge in [-0.3, -0.25) is 14.4 Å². The summed E-state index contributed by atoms with van der Waals surface area (Å²) in [5.74, 6) is -6.68. The topological polar surface area (TPSA) is 118 Å². The van der Waals surface area contributed by atoms with E-state index in [-0.39, 0.29) is 33.3 Å². The van der Waals surface area contributed by atoms with Gasteiger partial charge in [-0.1, -0.05) is 11.6 Å². The van der Waals surface area contributed by atoms with Crippen molar-refractivity contribution in [2.45, 2.75) is 32.7 Å². The summed E-state index contributed by atoms with van der Waals surface area (Å²) in [5.41, 5.74) is -0.811. The summed E-state index contributed by atoms with van der Waals surface area (Å²) in [4.78, 5) is 42.1. The van der Waals surface area contributed by atoms with Gasteiger partial charge in [0, 0.05) is 30.9 Å². The van der Waals surface area contributed by atoms with Crippen LogP contribution in [0.2, 0.25) is 5.02 Å². The molecule has 0 bridgehead atoms. The number of benzene rings is 1. The summed E-state index contributed by atoms with van der Waals surface area (Å²) >= 11 is 9.42. The molecule has 0 unspecified atom stereocenters. The van der Waals surface area contributed by atoms with Gasteiger partial charge >= 0.3 is 5.92 Å². The highest BCUT2D eigenvalue weighted by molar-refractivity contribution is 9.10. The standard InChI is InChI=1S/C23H22BrClF2N6O3/c1-11(2)30-22(36)23(26,27)13-8-12(3)18(14(9-13)20(34)28-4)31-21(35)16-10-17(24)32-33(16)19-15(25)6-5-7-29-19/h5-11H,1-4H3,(H,28,34)(H,30,36)(H,31,35). The van der Waals surface area contributed by atoms with Crippen LogP contribution < -0.4 is 16.0 Å². The lowest BCUT2D eigenvalue weighted by Gasteiger charge is -2.21. The first-order valence-electron chi connectivity index (χ1n) is 10.6. The first-order valence-corrected chi connectivity index (χ1v) is 11.8. The molecule has 0 atom stereocenters. The largest absolute Gasteiger partial charge is 0.355 e. The predicted molar refractivity (Wildman–Crippen MR) is 134 cm³/mol. The number of amides is 3. The molecule has 0 aliphatic heterocycles. The maximum absolute atomic E-state index is 14.9. The number of pyridine rings is 1. The van der Waals surface area contributed by atoms with Crippen molar-refractivity contribution >= 4 is 50.9 Å². The highest BCUT2D eigenvalue weighted by atomic mass is 79.9. The molecule has 36 heavy (non-hydrogen) atoms. The Hall–Kier alpha value is -3.38. The Morgan fingerprint density at radius 2 is 1.86 bits per heavy atom. The minimum Gasteiger partial charge on any atom is -0.355 e. The van der Waals surface area contributed by atoms with Crippen LogP contribution in [0.4, 0.5) is 14.5 Å². The van der Waals surface area contributed by atoms with Crippen LogP contribution in [0.3, 0.4) is 0 Å². The van der Waals surface area contributed by atoms with Gasteiger partial charge in [0.05, 0.1) is 16.3 Å². The van der Waals surface area contributed by atoms with Gasteiger partial charge in [-0.2, -0.15) is 13.9 Å². The number of carbonyl (C=O) groups excluding carboxylic acids is 3. The molecule has 13 heteroatoms. The lowest BCUT2D eigenvalue weighted by molar-refractivity contribution is -0.147. The molecular formula is C23H22BrClF2N6O3. The Morgan fingerprint density at radius 1 is 1.17 bits per heavy atom. The quantitative estimate of drug-likeness (QED) is 0.385. The molecule has 3 N–H and O–H groups in total. The lowest BCUT2D eigenvalue weighted by Crippen LogP contribution is -2.41. The normalized spacial score (nSPS) is 11.4. The van der Waals surface area contributed by atoms with E-state index in [0.717, 1.165) is 12.1 Å². The van der Waals surface area contributed by atoms with Crippen LogP contribution in [0.25, 0.3) is 5.82 Å². The van der Waals surface area contributed by atoms with Crippen molar-refractivity contribution in [3.8, 4) is 5.82 Å². The van der Waals surface area contributed by atoms with Crippen LogP contribution in [0, 0.1) is 6.92 Å².